The SMILES string of the molecule is COC(=O)N[C@H](C(=O)N1CCC[C@H]1c1nc2ccc(-c3ccc(-c4ccc(C)c5c4CCC5)c4c3C3(CCCC3)CC4)cc2[nH]1)C(C)C. The van der Waals surface area contributed by atoms with Crippen LogP contribution in [0.15, 0.2) is 42.5 Å². The van der Waals surface area contributed by atoms with Gasteiger partial charge in [-0.3, -0.25) is 4.79 Å². The van der Waals surface area contributed by atoms with Crippen LogP contribution in [0.2, 0.25) is 0 Å². The highest BCUT2D eigenvalue weighted by molar-refractivity contribution is 5.88. The van der Waals surface area contributed by atoms with Gasteiger partial charge in [0, 0.05) is 6.54 Å². The van der Waals surface area contributed by atoms with Gasteiger partial charge in [0.05, 0.1) is 24.2 Å². The largest absolute Gasteiger partial charge is 0.453 e. The Morgan fingerprint density at radius 2 is 1.67 bits per heavy atom. The summed E-state index contributed by atoms with van der Waals surface area (Å²) in [5, 5.41) is 2.75. The van der Waals surface area contributed by atoms with Gasteiger partial charge in [-0.25, -0.2) is 9.78 Å². The van der Waals surface area contributed by atoms with Crippen molar-refractivity contribution in [1.29, 1.82) is 0 Å². The van der Waals surface area contributed by atoms with Crippen molar-refractivity contribution in [3.05, 3.63) is 76.1 Å². The molecule has 3 aliphatic carbocycles. The highest BCUT2D eigenvalue weighted by atomic mass is 16.5. The molecule has 1 aromatic heterocycles. The van der Waals surface area contributed by atoms with Crippen LogP contribution in [-0.2, 0) is 34.2 Å². The predicted molar refractivity (Wildman–Crippen MR) is 190 cm³/mol. The number of likely N-dealkylation sites (tertiary alicyclic amines) is 1. The Morgan fingerprint density at radius 3 is 2.46 bits per heavy atom. The maximum atomic E-state index is 13.7. The van der Waals surface area contributed by atoms with Gasteiger partial charge in [-0.15, -0.1) is 0 Å². The number of nitrogens with zero attached hydrogens (tertiary/aromatic N) is 2. The number of ether oxygens (including phenoxy) is 1. The second-order valence-electron chi connectivity index (χ2n) is 15.1. The number of rotatable bonds is 6. The van der Waals surface area contributed by atoms with Crippen LogP contribution in [0.1, 0.15) is 105 Å². The Balaban J connectivity index is 1.16. The van der Waals surface area contributed by atoms with Crippen LogP contribution < -0.4 is 5.32 Å². The van der Waals surface area contributed by atoms with E-state index in [1.807, 2.05) is 18.7 Å². The highest BCUT2D eigenvalue weighted by Gasteiger charge is 2.44. The first-order valence-electron chi connectivity index (χ1n) is 18.2. The number of methoxy groups -OCH3 is 1. The molecular weight excluding hydrogens is 596 g/mol. The van der Waals surface area contributed by atoms with Crippen molar-refractivity contribution in [1.82, 2.24) is 20.2 Å². The summed E-state index contributed by atoms with van der Waals surface area (Å²) in [6, 6.07) is 15.5. The molecule has 48 heavy (non-hydrogen) atoms. The Kier molecular flexibility index (Phi) is 7.84. The van der Waals surface area contributed by atoms with E-state index in [-0.39, 0.29) is 23.3 Å². The second-order valence-corrected chi connectivity index (χ2v) is 15.1. The molecule has 4 aliphatic rings. The molecule has 1 saturated heterocycles. The lowest BCUT2D eigenvalue weighted by molar-refractivity contribution is -0.135. The zero-order chi connectivity index (χ0) is 33.2. The molecule has 8 rings (SSSR count). The molecule has 2 fully saturated rings. The molecule has 2 amide bonds. The number of aryl methyl sites for hydroxylation is 1. The number of aromatic amines is 1. The van der Waals surface area contributed by atoms with E-state index >= 15 is 0 Å². The summed E-state index contributed by atoms with van der Waals surface area (Å²) in [6.45, 7) is 6.80. The number of aromatic nitrogens is 2. The highest BCUT2D eigenvalue weighted by Crippen LogP contribution is 2.56. The van der Waals surface area contributed by atoms with Crippen LogP contribution in [0.4, 0.5) is 4.79 Å². The third kappa shape index (κ3) is 5.03. The van der Waals surface area contributed by atoms with Crippen molar-refractivity contribution < 1.29 is 14.3 Å². The number of imidazole rings is 1. The molecule has 1 aliphatic heterocycles. The van der Waals surface area contributed by atoms with Gasteiger partial charge in [-0.1, -0.05) is 57.0 Å². The molecule has 0 unspecified atom stereocenters. The minimum absolute atomic E-state index is 0.0701. The van der Waals surface area contributed by atoms with Crippen LogP contribution in [0, 0.1) is 12.8 Å². The fraction of sp³-hybridized carbons (Fsp3) is 0.488. The van der Waals surface area contributed by atoms with E-state index in [2.05, 4.69) is 59.7 Å². The maximum absolute atomic E-state index is 13.7. The zero-order valence-corrected chi connectivity index (χ0v) is 28.9. The molecule has 250 valence electrons. The van der Waals surface area contributed by atoms with Gasteiger partial charge in [0.2, 0.25) is 5.91 Å². The normalized spacial score (nSPS) is 20.1. The van der Waals surface area contributed by atoms with E-state index in [0.29, 0.717) is 6.54 Å². The summed E-state index contributed by atoms with van der Waals surface area (Å²) in [4.78, 5) is 36.3. The van der Waals surface area contributed by atoms with Crippen molar-refractivity contribution in [2.45, 2.75) is 109 Å². The van der Waals surface area contributed by atoms with Crippen molar-refractivity contribution >= 4 is 23.0 Å². The Hall–Kier alpha value is -4.13. The third-order valence-corrected chi connectivity index (χ3v) is 12.1. The van der Waals surface area contributed by atoms with Gasteiger partial charge >= 0.3 is 6.09 Å². The van der Waals surface area contributed by atoms with Crippen molar-refractivity contribution in [2.24, 2.45) is 5.92 Å². The molecule has 7 nitrogen and oxygen atoms in total. The van der Waals surface area contributed by atoms with E-state index in [0.717, 1.165) is 36.1 Å². The van der Waals surface area contributed by atoms with E-state index in [1.165, 1.54) is 86.3 Å². The van der Waals surface area contributed by atoms with Gasteiger partial charge in [0.25, 0.3) is 0 Å². The fourth-order valence-electron chi connectivity index (χ4n) is 9.73. The molecule has 7 heteroatoms. The third-order valence-electron chi connectivity index (χ3n) is 12.1. The lowest BCUT2D eigenvalue weighted by Crippen LogP contribution is -2.51. The molecule has 3 aromatic carbocycles. The number of alkyl carbamates (subject to hydrolysis) is 1. The van der Waals surface area contributed by atoms with Gasteiger partial charge in [0.1, 0.15) is 11.9 Å². The molecule has 2 N–H and O–H groups in total. The molecule has 2 atom stereocenters. The van der Waals surface area contributed by atoms with Gasteiger partial charge < -0.3 is 19.9 Å². The van der Waals surface area contributed by atoms with E-state index < -0.39 is 12.1 Å². The number of carbonyl (C=O) groups is 2. The molecule has 2 heterocycles. The molecule has 0 radical (unpaired) electrons. The quantitative estimate of drug-likeness (QED) is 0.220. The van der Waals surface area contributed by atoms with Gasteiger partial charge in [0.15, 0.2) is 0 Å². The summed E-state index contributed by atoms with van der Waals surface area (Å²) >= 11 is 0. The summed E-state index contributed by atoms with van der Waals surface area (Å²) in [7, 11) is 1.32. The number of amides is 2. The fourth-order valence-corrected chi connectivity index (χ4v) is 9.73. The Morgan fingerprint density at radius 1 is 0.917 bits per heavy atom. The number of H-pyrrole nitrogens is 1. The Bertz CT molecular complexity index is 1920. The first kappa shape index (κ1) is 31.2. The number of nitrogens with one attached hydrogen (secondary N) is 2. The summed E-state index contributed by atoms with van der Waals surface area (Å²) in [5.74, 6) is 0.657. The molecule has 0 bridgehead atoms. The van der Waals surface area contributed by atoms with E-state index in [4.69, 9.17) is 9.72 Å². The van der Waals surface area contributed by atoms with Crippen LogP contribution in [0.3, 0.4) is 0 Å². The lowest BCUT2D eigenvalue weighted by Gasteiger charge is -2.29. The summed E-state index contributed by atoms with van der Waals surface area (Å²) in [5.41, 5.74) is 15.6. The summed E-state index contributed by atoms with van der Waals surface area (Å²) in [6.07, 6.45) is 12.4. The van der Waals surface area contributed by atoms with Crippen molar-refractivity contribution in [3.63, 3.8) is 0 Å². The smallest absolute Gasteiger partial charge is 0.407 e. The zero-order valence-electron chi connectivity index (χ0n) is 28.9. The number of benzene rings is 3. The number of hydrogen-bond acceptors (Lipinski definition) is 4. The van der Waals surface area contributed by atoms with Crippen molar-refractivity contribution in [3.8, 4) is 22.3 Å². The average molecular weight is 645 g/mol. The molecular formula is C41H48N4O3. The maximum Gasteiger partial charge on any atom is 0.407 e. The second kappa shape index (κ2) is 12.1. The van der Waals surface area contributed by atoms with Crippen LogP contribution in [-0.4, -0.2) is 46.6 Å². The number of fused-ring (bicyclic) bond motifs is 4. The monoisotopic (exact) mass is 644 g/mol. The molecule has 1 spiro atoms. The minimum atomic E-state index is -0.650. The van der Waals surface area contributed by atoms with Crippen molar-refractivity contribution in [2.75, 3.05) is 13.7 Å². The first-order valence-corrected chi connectivity index (χ1v) is 18.2. The molecule has 4 aromatic rings. The summed E-state index contributed by atoms with van der Waals surface area (Å²) < 4.78 is 4.81. The van der Waals surface area contributed by atoms with E-state index in [9.17, 15) is 9.59 Å². The van der Waals surface area contributed by atoms with E-state index in [1.54, 1.807) is 22.3 Å². The van der Waals surface area contributed by atoms with Gasteiger partial charge in [-0.2, -0.15) is 0 Å². The Labute approximate surface area is 283 Å². The van der Waals surface area contributed by atoms with Crippen LogP contribution in [0.5, 0.6) is 0 Å². The number of carbonyl (C=O) groups excluding carboxylic acids is 2. The minimum Gasteiger partial charge on any atom is -0.453 e. The predicted octanol–water partition coefficient (Wildman–Crippen LogP) is 8.50. The van der Waals surface area contributed by atoms with Crippen LogP contribution in [0.25, 0.3) is 33.3 Å². The lowest BCUT2D eigenvalue weighted by atomic mass is 9.76. The standard InChI is InChI=1S/C41H48N4O3/c1-24(2)37(44-40(47)48-4)39(46)45-22-8-11-35(45)38-42-33-17-13-26(23-34(33)43-38)28-15-16-31(30-14-12-25(3)27-9-7-10-29(27)30)32-18-21-41(36(28)32)19-5-6-20-41/h12-17,23-24,35,37H,5-11,18-22H2,1-4H3,(H,42,43)(H,44,47)/t35-,37-/m0/s1. The molecule has 1 saturated carbocycles. The average Bonchev–Trinajstić information content (AvgIpc) is 3.93. The van der Waals surface area contributed by atoms with Crippen LogP contribution >= 0.6 is 0 Å². The first-order chi connectivity index (χ1) is 23.3. The number of hydrogen-bond donors (Lipinski definition) is 2. The topological polar surface area (TPSA) is 87.3 Å². The van der Waals surface area contributed by atoms with Gasteiger partial charge in [-0.05, 0) is 138 Å².